The summed E-state index contributed by atoms with van der Waals surface area (Å²) in [5, 5.41) is 3.45. The first-order chi connectivity index (χ1) is 7.74. The second kappa shape index (κ2) is 3.57. The number of likely N-dealkylation sites (N-methyl/N-ethyl adjacent to an activating group) is 1. The Kier molecular flexibility index (Phi) is 2.30. The average molecular weight is 220 g/mol. The molecule has 0 radical (unpaired) electrons. The van der Waals surface area contributed by atoms with Crippen molar-refractivity contribution in [2.75, 3.05) is 20.1 Å². The molecule has 0 amide bonds. The van der Waals surface area contributed by atoms with Gasteiger partial charge in [-0.05, 0) is 39.9 Å². The Bertz CT molecular complexity index is 378. The van der Waals surface area contributed by atoms with E-state index in [1.807, 2.05) is 6.33 Å². The van der Waals surface area contributed by atoms with Crippen LogP contribution in [0.4, 0.5) is 0 Å². The number of imidazole rings is 1. The molecular weight excluding hydrogens is 200 g/mol. The maximum absolute atomic E-state index is 4.59. The zero-order valence-corrected chi connectivity index (χ0v) is 10.1. The molecule has 1 saturated heterocycles. The number of fused-ring (bicyclic) bond motifs is 2. The lowest BCUT2D eigenvalue weighted by molar-refractivity contribution is 0.0286. The fourth-order valence-corrected chi connectivity index (χ4v) is 3.33. The molecule has 1 aromatic rings. The number of nitrogens with zero attached hydrogens (tertiary/aromatic N) is 2. The Labute approximate surface area is 96.4 Å². The Balaban J connectivity index is 2.08. The Morgan fingerprint density at radius 1 is 1.44 bits per heavy atom. The van der Waals surface area contributed by atoms with E-state index in [2.05, 4.69) is 34.2 Å². The number of H-pyrrole nitrogens is 1. The van der Waals surface area contributed by atoms with E-state index in [1.165, 1.54) is 24.2 Å². The number of aromatic nitrogens is 2. The van der Waals surface area contributed by atoms with Gasteiger partial charge in [-0.25, -0.2) is 4.98 Å². The molecule has 1 fully saturated rings. The third-order valence-electron chi connectivity index (χ3n) is 4.43. The summed E-state index contributed by atoms with van der Waals surface area (Å²) in [4.78, 5) is 10.5. The highest BCUT2D eigenvalue weighted by atomic mass is 15.2. The predicted octanol–water partition coefficient (Wildman–Crippen LogP) is 0.865. The van der Waals surface area contributed by atoms with E-state index in [-0.39, 0.29) is 5.54 Å². The first-order valence-corrected chi connectivity index (χ1v) is 6.20. The van der Waals surface area contributed by atoms with Crippen LogP contribution >= 0.6 is 0 Å². The minimum atomic E-state index is 0.179. The van der Waals surface area contributed by atoms with E-state index in [9.17, 15) is 0 Å². The fraction of sp³-hybridized carbons (Fsp3) is 0.750. The maximum Gasteiger partial charge on any atom is 0.0926 e. The number of hydrogen-bond acceptors (Lipinski definition) is 3. The van der Waals surface area contributed by atoms with Crippen molar-refractivity contribution < 1.29 is 0 Å². The van der Waals surface area contributed by atoms with E-state index in [0.29, 0.717) is 6.04 Å². The normalized spacial score (nSPS) is 29.2. The molecule has 0 bridgehead atoms. The van der Waals surface area contributed by atoms with Gasteiger partial charge in [-0.15, -0.1) is 0 Å². The van der Waals surface area contributed by atoms with Gasteiger partial charge in [0.2, 0.25) is 0 Å². The second-order valence-corrected chi connectivity index (χ2v) is 5.18. The number of hydrogen-bond donors (Lipinski definition) is 2. The van der Waals surface area contributed by atoms with Gasteiger partial charge in [0, 0.05) is 18.2 Å². The lowest BCUT2D eigenvalue weighted by Gasteiger charge is -2.49. The molecule has 3 rings (SSSR count). The largest absolute Gasteiger partial charge is 0.348 e. The van der Waals surface area contributed by atoms with Crippen LogP contribution in [0.5, 0.6) is 0 Å². The number of piperidine rings is 1. The minimum Gasteiger partial charge on any atom is -0.348 e. The van der Waals surface area contributed by atoms with Gasteiger partial charge in [-0.2, -0.15) is 0 Å². The highest BCUT2D eigenvalue weighted by Gasteiger charge is 2.45. The van der Waals surface area contributed by atoms with Gasteiger partial charge < -0.3 is 10.3 Å². The zero-order valence-electron chi connectivity index (χ0n) is 10.1. The van der Waals surface area contributed by atoms with E-state index in [4.69, 9.17) is 0 Å². The van der Waals surface area contributed by atoms with Crippen LogP contribution in [0.1, 0.15) is 31.2 Å². The van der Waals surface area contributed by atoms with Gasteiger partial charge in [0.15, 0.2) is 0 Å². The summed E-state index contributed by atoms with van der Waals surface area (Å²) in [5.74, 6) is 0. The third kappa shape index (κ3) is 1.26. The van der Waals surface area contributed by atoms with Gasteiger partial charge in [-0.3, -0.25) is 4.90 Å². The molecule has 1 unspecified atom stereocenters. The highest BCUT2D eigenvalue weighted by molar-refractivity contribution is 5.27. The van der Waals surface area contributed by atoms with Crippen molar-refractivity contribution in [3.63, 3.8) is 0 Å². The minimum absolute atomic E-state index is 0.179. The Morgan fingerprint density at radius 2 is 2.19 bits per heavy atom. The molecule has 2 aliphatic rings. The van der Waals surface area contributed by atoms with Crippen molar-refractivity contribution in [2.24, 2.45) is 0 Å². The molecule has 2 N–H and O–H groups in total. The molecule has 4 heteroatoms. The third-order valence-corrected chi connectivity index (χ3v) is 4.43. The van der Waals surface area contributed by atoms with Gasteiger partial charge in [0.1, 0.15) is 0 Å². The summed E-state index contributed by atoms with van der Waals surface area (Å²) >= 11 is 0. The van der Waals surface area contributed by atoms with Crippen LogP contribution in [0.3, 0.4) is 0 Å². The van der Waals surface area contributed by atoms with Crippen molar-refractivity contribution in [2.45, 2.75) is 37.8 Å². The lowest BCUT2D eigenvalue weighted by Crippen LogP contribution is -2.57. The molecule has 0 aromatic carbocycles. The summed E-state index contributed by atoms with van der Waals surface area (Å²) < 4.78 is 0. The zero-order chi connectivity index (χ0) is 11.2. The van der Waals surface area contributed by atoms with Crippen molar-refractivity contribution in [1.82, 2.24) is 20.2 Å². The van der Waals surface area contributed by atoms with E-state index in [0.717, 1.165) is 19.5 Å². The van der Waals surface area contributed by atoms with Crippen LogP contribution in [0, 0.1) is 0 Å². The number of aromatic amines is 1. The molecule has 88 valence electrons. The van der Waals surface area contributed by atoms with E-state index in [1.54, 1.807) is 0 Å². The van der Waals surface area contributed by atoms with Crippen LogP contribution in [0.2, 0.25) is 0 Å². The van der Waals surface area contributed by atoms with Crippen molar-refractivity contribution in [3.05, 3.63) is 17.7 Å². The Hall–Kier alpha value is -0.870. The average Bonchev–Trinajstić information content (AvgIpc) is 2.76. The first-order valence-electron chi connectivity index (χ1n) is 6.20. The molecule has 16 heavy (non-hydrogen) atoms. The van der Waals surface area contributed by atoms with Crippen LogP contribution in [0.15, 0.2) is 6.33 Å². The van der Waals surface area contributed by atoms with Crippen LogP contribution in [-0.4, -0.2) is 41.0 Å². The number of nitrogens with one attached hydrogen (secondary N) is 2. The summed E-state index contributed by atoms with van der Waals surface area (Å²) in [6.45, 7) is 4.51. The molecule has 2 aliphatic heterocycles. The van der Waals surface area contributed by atoms with Gasteiger partial charge in [0.25, 0.3) is 0 Å². The molecule has 0 saturated carbocycles. The second-order valence-electron chi connectivity index (χ2n) is 5.18. The molecule has 1 aromatic heterocycles. The van der Waals surface area contributed by atoms with E-state index >= 15 is 0 Å². The van der Waals surface area contributed by atoms with Crippen molar-refractivity contribution in [1.29, 1.82) is 0 Å². The number of rotatable bonds is 0. The SMILES string of the molecule is CC1Cc2[nH]cnc2C2(CCNCC2)N1C. The summed E-state index contributed by atoms with van der Waals surface area (Å²) in [7, 11) is 2.26. The van der Waals surface area contributed by atoms with Crippen molar-refractivity contribution >= 4 is 0 Å². The molecule has 0 aliphatic carbocycles. The molecule has 3 heterocycles. The topological polar surface area (TPSA) is 44.0 Å². The predicted molar refractivity (Wildman–Crippen MR) is 63.3 cm³/mol. The summed E-state index contributed by atoms with van der Waals surface area (Å²) in [5.41, 5.74) is 2.83. The fourth-order valence-electron chi connectivity index (χ4n) is 3.33. The molecular formula is C12H20N4. The van der Waals surface area contributed by atoms with Crippen LogP contribution < -0.4 is 5.32 Å². The van der Waals surface area contributed by atoms with Gasteiger partial charge in [-0.1, -0.05) is 0 Å². The lowest BCUT2D eigenvalue weighted by atomic mass is 9.78. The smallest absolute Gasteiger partial charge is 0.0926 e. The molecule has 4 nitrogen and oxygen atoms in total. The van der Waals surface area contributed by atoms with Crippen molar-refractivity contribution in [3.8, 4) is 0 Å². The van der Waals surface area contributed by atoms with Gasteiger partial charge >= 0.3 is 0 Å². The first kappa shape index (κ1) is 10.3. The monoisotopic (exact) mass is 220 g/mol. The molecule has 1 atom stereocenters. The van der Waals surface area contributed by atoms with Crippen LogP contribution in [-0.2, 0) is 12.0 Å². The van der Waals surface area contributed by atoms with E-state index < -0.39 is 0 Å². The van der Waals surface area contributed by atoms with Crippen LogP contribution in [0.25, 0.3) is 0 Å². The summed E-state index contributed by atoms with van der Waals surface area (Å²) in [6, 6.07) is 0.603. The standard InChI is InChI=1S/C12H20N4/c1-9-7-10-11(15-8-14-10)12(16(9)2)3-5-13-6-4-12/h8-9,13H,3-7H2,1-2H3,(H,14,15). The highest BCUT2D eigenvalue weighted by Crippen LogP contribution is 2.41. The molecule has 1 spiro atoms. The summed E-state index contributed by atoms with van der Waals surface area (Å²) in [6.07, 6.45) is 5.30. The quantitative estimate of drug-likeness (QED) is 0.682. The van der Waals surface area contributed by atoms with Gasteiger partial charge in [0.05, 0.1) is 17.6 Å². The Morgan fingerprint density at radius 3 is 2.94 bits per heavy atom. The maximum atomic E-state index is 4.59.